The Morgan fingerprint density at radius 1 is 1.25 bits per heavy atom. The number of rotatable bonds is 4. The van der Waals surface area contributed by atoms with Crippen molar-refractivity contribution in [1.29, 1.82) is 0 Å². The van der Waals surface area contributed by atoms with Crippen LogP contribution in [0.25, 0.3) is 0 Å². The van der Waals surface area contributed by atoms with Gasteiger partial charge in [0.15, 0.2) is 0 Å². The Labute approximate surface area is 144 Å². The Morgan fingerprint density at radius 3 is 2.75 bits per heavy atom. The van der Waals surface area contributed by atoms with E-state index in [4.69, 9.17) is 0 Å². The summed E-state index contributed by atoms with van der Waals surface area (Å²) in [6.45, 7) is 4.47. The van der Waals surface area contributed by atoms with Crippen molar-refractivity contribution in [2.75, 3.05) is 20.1 Å². The van der Waals surface area contributed by atoms with Gasteiger partial charge >= 0.3 is 0 Å². The molecule has 0 unspecified atom stereocenters. The summed E-state index contributed by atoms with van der Waals surface area (Å²) in [6.07, 6.45) is 3.88. The molecule has 3 rings (SSSR count). The first-order valence-corrected chi connectivity index (χ1v) is 8.59. The predicted molar refractivity (Wildman–Crippen MR) is 95.8 cm³/mol. The van der Waals surface area contributed by atoms with E-state index < -0.39 is 0 Å². The third-order valence-corrected chi connectivity index (χ3v) is 4.74. The molecule has 2 heterocycles. The highest BCUT2D eigenvalue weighted by molar-refractivity contribution is 5.94. The molecule has 1 aliphatic rings. The average Bonchev–Trinajstić information content (AvgIpc) is 2.63. The van der Waals surface area contributed by atoms with Crippen LogP contribution in [0.3, 0.4) is 0 Å². The van der Waals surface area contributed by atoms with E-state index in [9.17, 15) is 4.79 Å². The van der Waals surface area contributed by atoms with Gasteiger partial charge < -0.3 is 4.90 Å². The first-order chi connectivity index (χ1) is 11.6. The number of amides is 1. The molecule has 4 nitrogen and oxygen atoms in total. The van der Waals surface area contributed by atoms with Crippen LogP contribution in [0.5, 0.6) is 0 Å². The van der Waals surface area contributed by atoms with E-state index in [1.807, 2.05) is 30.0 Å². The third kappa shape index (κ3) is 4.01. The minimum absolute atomic E-state index is 0.0975. The average molecular weight is 323 g/mol. The van der Waals surface area contributed by atoms with Crippen LogP contribution in [-0.4, -0.2) is 46.9 Å². The molecule has 2 aromatic rings. The van der Waals surface area contributed by atoms with Crippen LogP contribution in [0.2, 0.25) is 0 Å². The summed E-state index contributed by atoms with van der Waals surface area (Å²) in [7, 11) is 2.15. The number of benzene rings is 1. The Balaban J connectivity index is 1.63. The topological polar surface area (TPSA) is 36.4 Å². The van der Waals surface area contributed by atoms with E-state index in [1.165, 1.54) is 5.56 Å². The lowest BCUT2D eigenvalue weighted by molar-refractivity contribution is 0.0602. The standard InChI is InChI=1S/C20H25N3O/c1-16-10-11-18(13-21-16)20(24)23-12-6-9-19(15-23)22(2)14-17-7-4-3-5-8-17/h3-5,7-8,10-11,13,19H,6,9,12,14-15H2,1-2H3/t19-/m1/s1. The first kappa shape index (κ1) is 16.7. The molecule has 1 aromatic carbocycles. The van der Waals surface area contributed by atoms with E-state index in [1.54, 1.807) is 6.20 Å². The molecule has 1 aromatic heterocycles. The molecule has 1 saturated heterocycles. The summed E-state index contributed by atoms with van der Waals surface area (Å²) >= 11 is 0. The van der Waals surface area contributed by atoms with Crippen LogP contribution in [-0.2, 0) is 6.54 Å². The van der Waals surface area contributed by atoms with Gasteiger partial charge in [0.05, 0.1) is 5.56 Å². The minimum Gasteiger partial charge on any atom is -0.337 e. The summed E-state index contributed by atoms with van der Waals surface area (Å²) in [5, 5.41) is 0. The molecule has 4 heteroatoms. The molecule has 0 radical (unpaired) electrons. The van der Waals surface area contributed by atoms with Gasteiger partial charge in [-0.05, 0) is 44.5 Å². The molecule has 0 N–H and O–H groups in total. The van der Waals surface area contributed by atoms with Crippen LogP contribution >= 0.6 is 0 Å². The van der Waals surface area contributed by atoms with Crippen LogP contribution in [0.4, 0.5) is 0 Å². The zero-order valence-corrected chi connectivity index (χ0v) is 14.5. The second-order valence-electron chi connectivity index (χ2n) is 6.64. The van der Waals surface area contributed by atoms with Gasteiger partial charge in [-0.15, -0.1) is 0 Å². The molecule has 0 bridgehead atoms. The molecule has 1 atom stereocenters. The van der Waals surface area contributed by atoms with Crippen molar-refractivity contribution in [1.82, 2.24) is 14.8 Å². The van der Waals surface area contributed by atoms with Crippen molar-refractivity contribution in [2.45, 2.75) is 32.4 Å². The summed E-state index contributed by atoms with van der Waals surface area (Å²) in [5.41, 5.74) is 2.93. The minimum atomic E-state index is 0.0975. The number of pyridine rings is 1. The number of carbonyl (C=O) groups is 1. The molecular formula is C20H25N3O. The van der Waals surface area contributed by atoms with Crippen molar-refractivity contribution in [3.63, 3.8) is 0 Å². The zero-order valence-electron chi connectivity index (χ0n) is 14.5. The second kappa shape index (κ2) is 7.58. The lowest BCUT2D eigenvalue weighted by Crippen LogP contribution is -2.48. The number of carbonyl (C=O) groups excluding carboxylic acids is 1. The smallest absolute Gasteiger partial charge is 0.255 e. The van der Waals surface area contributed by atoms with Gasteiger partial charge in [0.1, 0.15) is 0 Å². The third-order valence-electron chi connectivity index (χ3n) is 4.74. The number of nitrogens with zero attached hydrogens (tertiary/aromatic N) is 3. The van der Waals surface area contributed by atoms with Crippen molar-refractivity contribution < 1.29 is 4.79 Å². The summed E-state index contributed by atoms with van der Waals surface area (Å²) in [6, 6.07) is 14.7. The highest BCUT2D eigenvalue weighted by Gasteiger charge is 2.27. The number of hydrogen-bond acceptors (Lipinski definition) is 3. The lowest BCUT2D eigenvalue weighted by atomic mass is 10.0. The summed E-state index contributed by atoms with van der Waals surface area (Å²) < 4.78 is 0. The van der Waals surface area contributed by atoms with Crippen LogP contribution in [0.15, 0.2) is 48.7 Å². The van der Waals surface area contributed by atoms with Gasteiger partial charge in [-0.25, -0.2) is 0 Å². The Morgan fingerprint density at radius 2 is 2.04 bits per heavy atom. The molecule has 24 heavy (non-hydrogen) atoms. The van der Waals surface area contributed by atoms with Crippen molar-refractivity contribution >= 4 is 5.91 Å². The van der Waals surface area contributed by atoms with E-state index in [-0.39, 0.29) is 5.91 Å². The van der Waals surface area contributed by atoms with E-state index >= 15 is 0 Å². The fourth-order valence-electron chi connectivity index (χ4n) is 3.28. The molecule has 1 aliphatic heterocycles. The maximum absolute atomic E-state index is 12.7. The van der Waals surface area contributed by atoms with Crippen LogP contribution in [0.1, 0.15) is 34.5 Å². The first-order valence-electron chi connectivity index (χ1n) is 8.59. The fraction of sp³-hybridized carbons (Fsp3) is 0.400. The molecular weight excluding hydrogens is 298 g/mol. The molecule has 0 saturated carbocycles. The SMILES string of the molecule is Cc1ccc(C(=O)N2CCC[C@@H](N(C)Cc3ccccc3)C2)cn1. The number of piperidine rings is 1. The van der Waals surface area contributed by atoms with Gasteiger partial charge in [0.25, 0.3) is 5.91 Å². The Hall–Kier alpha value is -2.20. The molecule has 1 amide bonds. The lowest BCUT2D eigenvalue weighted by Gasteiger charge is -2.37. The highest BCUT2D eigenvalue weighted by Crippen LogP contribution is 2.19. The maximum atomic E-state index is 12.7. The number of aromatic nitrogens is 1. The molecule has 0 spiro atoms. The van der Waals surface area contributed by atoms with Crippen molar-refractivity contribution in [3.8, 4) is 0 Å². The quantitative estimate of drug-likeness (QED) is 0.867. The van der Waals surface area contributed by atoms with E-state index in [0.29, 0.717) is 11.6 Å². The second-order valence-corrected chi connectivity index (χ2v) is 6.64. The highest BCUT2D eigenvalue weighted by atomic mass is 16.2. The largest absolute Gasteiger partial charge is 0.337 e. The number of aryl methyl sites for hydroxylation is 1. The van der Waals surface area contributed by atoms with Gasteiger partial charge in [0.2, 0.25) is 0 Å². The zero-order chi connectivity index (χ0) is 16.9. The normalized spacial score (nSPS) is 18.0. The monoisotopic (exact) mass is 323 g/mol. The van der Waals surface area contributed by atoms with Crippen molar-refractivity contribution in [3.05, 3.63) is 65.5 Å². The molecule has 126 valence electrons. The van der Waals surface area contributed by atoms with Crippen LogP contribution < -0.4 is 0 Å². The maximum Gasteiger partial charge on any atom is 0.255 e. The van der Waals surface area contributed by atoms with Gasteiger partial charge in [-0.2, -0.15) is 0 Å². The van der Waals surface area contributed by atoms with Gasteiger partial charge in [-0.3, -0.25) is 14.7 Å². The van der Waals surface area contributed by atoms with E-state index in [0.717, 1.165) is 38.2 Å². The fourth-order valence-corrected chi connectivity index (χ4v) is 3.28. The van der Waals surface area contributed by atoms with E-state index in [2.05, 4.69) is 41.2 Å². The van der Waals surface area contributed by atoms with Crippen molar-refractivity contribution in [2.24, 2.45) is 0 Å². The van der Waals surface area contributed by atoms with Gasteiger partial charge in [0, 0.05) is 37.6 Å². The van der Waals surface area contributed by atoms with Gasteiger partial charge in [-0.1, -0.05) is 30.3 Å². The molecule has 0 aliphatic carbocycles. The number of hydrogen-bond donors (Lipinski definition) is 0. The van der Waals surface area contributed by atoms with Crippen LogP contribution in [0, 0.1) is 6.92 Å². The summed E-state index contributed by atoms with van der Waals surface area (Å²) in [5.74, 6) is 0.0975. The number of likely N-dealkylation sites (tertiary alicyclic amines) is 1. The Kier molecular flexibility index (Phi) is 5.26. The summed E-state index contributed by atoms with van der Waals surface area (Å²) in [4.78, 5) is 21.3. The Bertz CT molecular complexity index is 669. The predicted octanol–water partition coefficient (Wildman–Crippen LogP) is 3.13. The molecule has 1 fully saturated rings. The number of likely N-dealkylation sites (N-methyl/N-ethyl adjacent to an activating group) is 1.